The summed E-state index contributed by atoms with van der Waals surface area (Å²) in [6.45, 7) is 1.57. The van der Waals surface area contributed by atoms with Gasteiger partial charge < -0.3 is 14.9 Å². The van der Waals surface area contributed by atoms with E-state index < -0.39 is 11.9 Å². The fraction of sp³-hybridized carbons (Fsp3) is 0.300. The molecule has 0 aliphatic heterocycles. The third-order valence-corrected chi connectivity index (χ3v) is 2.05. The van der Waals surface area contributed by atoms with Gasteiger partial charge in [-0.15, -0.1) is 0 Å². The number of phenols is 1. The number of aromatic hydroxyl groups is 1. The summed E-state index contributed by atoms with van der Waals surface area (Å²) in [7, 11) is 1.44. The van der Waals surface area contributed by atoms with Gasteiger partial charge in [-0.3, -0.25) is 4.79 Å². The molecule has 1 aromatic carbocycles. The molecule has 0 fully saturated rings. The molecule has 14 heavy (non-hydrogen) atoms. The maximum atomic E-state index is 10.7. The normalized spacial score (nSPS) is 12.1. The lowest BCUT2D eigenvalue weighted by atomic mass is 10.0. The largest absolute Gasteiger partial charge is 0.508 e. The number of hydrogen-bond donors (Lipinski definition) is 2. The second-order valence-electron chi connectivity index (χ2n) is 2.99. The molecule has 1 unspecified atom stereocenters. The zero-order chi connectivity index (χ0) is 10.7. The van der Waals surface area contributed by atoms with Crippen molar-refractivity contribution in [2.24, 2.45) is 0 Å². The van der Waals surface area contributed by atoms with Crippen LogP contribution in [0.5, 0.6) is 11.5 Å². The van der Waals surface area contributed by atoms with Gasteiger partial charge in [-0.25, -0.2) is 0 Å². The van der Waals surface area contributed by atoms with Crippen molar-refractivity contribution in [3.63, 3.8) is 0 Å². The quantitative estimate of drug-likeness (QED) is 0.770. The summed E-state index contributed by atoms with van der Waals surface area (Å²) in [5, 5.41) is 18.0. The Morgan fingerprint density at radius 2 is 2.14 bits per heavy atom. The van der Waals surface area contributed by atoms with E-state index in [4.69, 9.17) is 14.9 Å². The average molecular weight is 196 g/mol. The van der Waals surface area contributed by atoms with Crippen LogP contribution in [0.15, 0.2) is 18.2 Å². The van der Waals surface area contributed by atoms with Crippen molar-refractivity contribution >= 4 is 5.97 Å². The van der Waals surface area contributed by atoms with E-state index in [2.05, 4.69) is 0 Å². The minimum absolute atomic E-state index is 0.0585. The van der Waals surface area contributed by atoms with Gasteiger partial charge in [0, 0.05) is 11.6 Å². The van der Waals surface area contributed by atoms with E-state index in [1.807, 2.05) is 0 Å². The summed E-state index contributed by atoms with van der Waals surface area (Å²) in [5.74, 6) is -1.12. The predicted octanol–water partition coefficient (Wildman–Crippen LogP) is 1.59. The molecule has 0 aromatic heterocycles. The predicted molar refractivity (Wildman–Crippen MR) is 50.7 cm³/mol. The monoisotopic (exact) mass is 196 g/mol. The maximum absolute atomic E-state index is 10.7. The first kappa shape index (κ1) is 10.4. The molecular weight excluding hydrogens is 184 g/mol. The molecule has 4 nitrogen and oxygen atoms in total. The van der Waals surface area contributed by atoms with Gasteiger partial charge in [-0.2, -0.15) is 0 Å². The highest BCUT2D eigenvalue weighted by Crippen LogP contribution is 2.29. The van der Waals surface area contributed by atoms with Crippen molar-refractivity contribution in [1.29, 1.82) is 0 Å². The van der Waals surface area contributed by atoms with Crippen molar-refractivity contribution in [1.82, 2.24) is 0 Å². The van der Waals surface area contributed by atoms with Gasteiger partial charge in [0.15, 0.2) is 0 Å². The number of aliphatic carboxylic acids is 1. The molecule has 0 heterocycles. The second kappa shape index (κ2) is 4.00. The zero-order valence-corrected chi connectivity index (χ0v) is 8.02. The molecule has 0 saturated carbocycles. The number of benzene rings is 1. The summed E-state index contributed by atoms with van der Waals surface area (Å²) in [4.78, 5) is 10.7. The average Bonchev–Trinajstić information content (AvgIpc) is 2.16. The number of phenolic OH excluding ortho intramolecular Hbond substituents is 1. The molecule has 0 aliphatic carbocycles. The topological polar surface area (TPSA) is 66.8 Å². The molecule has 0 saturated heterocycles. The SMILES string of the molecule is COc1cc(O)ccc1C(C)C(=O)O. The molecule has 1 atom stereocenters. The van der Waals surface area contributed by atoms with Gasteiger partial charge in [-0.1, -0.05) is 6.07 Å². The first-order valence-electron chi connectivity index (χ1n) is 4.16. The Morgan fingerprint density at radius 3 is 2.64 bits per heavy atom. The smallest absolute Gasteiger partial charge is 0.310 e. The third-order valence-electron chi connectivity index (χ3n) is 2.05. The summed E-state index contributed by atoms with van der Waals surface area (Å²) in [6.07, 6.45) is 0. The van der Waals surface area contributed by atoms with Crippen molar-refractivity contribution in [3.8, 4) is 11.5 Å². The first-order chi connectivity index (χ1) is 6.56. The Balaban J connectivity index is 3.13. The number of carbonyl (C=O) groups is 1. The van der Waals surface area contributed by atoms with Gasteiger partial charge in [0.1, 0.15) is 11.5 Å². The van der Waals surface area contributed by atoms with Crippen molar-refractivity contribution in [2.45, 2.75) is 12.8 Å². The van der Waals surface area contributed by atoms with Crippen LogP contribution < -0.4 is 4.74 Å². The summed E-state index contributed by atoms with van der Waals surface area (Å²) >= 11 is 0. The van der Waals surface area contributed by atoms with Crippen LogP contribution in [0.4, 0.5) is 0 Å². The van der Waals surface area contributed by atoms with Crippen LogP contribution in [0.25, 0.3) is 0 Å². The molecule has 2 N–H and O–H groups in total. The summed E-state index contributed by atoms with van der Waals surface area (Å²) in [5.41, 5.74) is 0.554. The Bertz CT molecular complexity index is 346. The highest BCUT2D eigenvalue weighted by Gasteiger charge is 2.18. The Morgan fingerprint density at radius 1 is 1.50 bits per heavy atom. The van der Waals surface area contributed by atoms with E-state index in [1.54, 1.807) is 13.0 Å². The van der Waals surface area contributed by atoms with Crippen LogP contribution in [0.3, 0.4) is 0 Å². The molecule has 1 rings (SSSR count). The molecule has 0 radical (unpaired) electrons. The zero-order valence-electron chi connectivity index (χ0n) is 8.02. The molecule has 4 heteroatoms. The minimum Gasteiger partial charge on any atom is -0.508 e. The van der Waals surface area contributed by atoms with Gasteiger partial charge in [0.05, 0.1) is 13.0 Å². The maximum Gasteiger partial charge on any atom is 0.310 e. The van der Waals surface area contributed by atoms with E-state index >= 15 is 0 Å². The number of hydrogen-bond acceptors (Lipinski definition) is 3. The van der Waals surface area contributed by atoms with E-state index in [1.165, 1.54) is 19.2 Å². The minimum atomic E-state index is -0.922. The highest BCUT2D eigenvalue weighted by molar-refractivity contribution is 5.76. The molecule has 0 aliphatic rings. The molecule has 0 bridgehead atoms. The standard InChI is InChI=1S/C10H12O4/c1-6(10(12)13)8-4-3-7(11)5-9(8)14-2/h3-6,11H,1-2H3,(H,12,13). The molecular formula is C10H12O4. The van der Waals surface area contributed by atoms with Gasteiger partial charge in [0.25, 0.3) is 0 Å². The van der Waals surface area contributed by atoms with E-state index in [-0.39, 0.29) is 5.75 Å². The van der Waals surface area contributed by atoms with Gasteiger partial charge >= 0.3 is 5.97 Å². The Hall–Kier alpha value is -1.71. The number of ether oxygens (including phenoxy) is 1. The van der Waals surface area contributed by atoms with Crippen LogP contribution in [0, 0.1) is 0 Å². The third kappa shape index (κ3) is 1.96. The van der Waals surface area contributed by atoms with Gasteiger partial charge in [0.2, 0.25) is 0 Å². The molecule has 0 spiro atoms. The lowest BCUT2D eigenvalue weighted by Crippen LogP contribution is -2.08. The van der Waals surface area contributed by atoms with Gasteiger partial charge in [-0.05, 0) is 13.0 Å². The molecule has 76 valence electrons. The molecule has 0 amide bonds. The van der Waals surface area contributed by atoms with Crippen LogP contribution in [-0.2, 0) is 4.79 Å². The first-order valence-corrected chi connectivity index (χ1v) is 4.16. The second-order valence-corrected chi connectivity index (χ2v) is 2.99. The summed E-state index contributed by atoms with van der Waals surface area (Å²) < 4.78 is 4.97. The molecule has 1 aromatic rings. The van der Waals surface area contributed by atoms with Crippen LogP contribution in [0.2, 0.25) is 0 Å². The Kier molecular flexibility index (Phi) is 2.96. The lowest BCUT2D eigenvalue weighted by Gasteiger charge is -2.11. The van der Waals surface area contributed by atoms with Crippen molar-refractivity contribution < 1.29 is 19.7 Å². The number of rotatable bonds is 3. The highest BCUT2D eigenvalue weighted by atomic mass is 16.5. The number of carboxylic acids is 1. The van der Waals surface area contributed by atoms with Crippen LogP contribution >= 0.6 is 0 Å². The van der Waals surface area contributed by atoms with Crippen LogP contribution in [0.1, 0.15) is 18.4 Å². The van der Waals surface area contributed by atoms with E-state index in [9.17, 15) is 4.79 Å². The number of methoxy groups -OCH3 is 1. The fourth-order valence-corrected chi connectivity index (χ4v) is 1.19. The van der Waals surface area contributed by atoms with Crippen molar-refractivity contribution in [2.75, 3.05) is 7.11 Å². The number of carboxylic acid groups (broad SMARTS) is 1. The fourth-order valence-electron chi connectivity index (χ4n) is 1.19. The van der Waals surface area contributed by atoms with E-state index in [0.717, 1.165) is 0 Å². The van der Waals surface area contributed by atoms with Crippen molar-refractivity contribution in [3.05, 3.63) is 23.8 Å². The lowest BCUT2D eigenvalue weighted by molar-refractivity contribution is -0.138. The van der Waals surface area contributed by atoms with E-state index in [0.29, 0.717) is 11.3 Å². The van der Waals surface area contributed by atoms with Crippen LogP contribution in [-0.4, -0.2) is 23.3 Å². The Labute approximate surface area is 81.8 Å². The summed E-state index contributed by atoms with van der Waals surface area (Å²) in [6, 6.07) is 4.39.